The number of benzene rings is 1. The van der Waals surface area contributed by atoms with E-state index in [0.717, 1.165) is 42.8 Å². The predicted molar refractivity (Wildman–Crippen MR) is 108 cm³/mol. The number of quaternary nitrogens is 1. The molecule has 1 amide bonds. The number of hydrogen-bond donors (Lipinski definition) is 3. The molecule has 3 heterocycles. The maximum Gasteiger partial charge on any atom is 0.235 e. The van der Waals surface area contributed by atoms with Crippen LogP contribution in [0.4, 0.5) is 0 Å². The fraction of sp³-hybridized carbons (Fsp3) is 0.421. The van der Waals surface area contributed by atoms with Crippen molar-refractivity contribution in [3.8, 4) is 5.88 Å². The number of aryl methyl sites for hydroxylation is 1. The molecule has 9 heteroatoms. The molecule has 2 aromatic heterocycles. The van der Waals surface area contributed by atoms with Crippen molar-refractivity contribution in [3.05, 3.63) is 45.6 Å². The lowest BCUT2D eigenvalue weighted by molar-refractivity contribution is -0.930. The minimum Gasteiger partial charge on any atom is -0.492 e. The Labute approximate surface area is 171 Å². The van der Waals surface area contributed by atoms with Gasteiger partial charge in [-0.25, -0.2) is 4.98 Å². The molecular weight excluding hydrogens is 398 g/mol. The van der Waals surface area contributed by atoms with Crippen molar-refractivity contribution in [3.63, 3.8) is 0 Å². The van der Waals surface area contributed by atoms with Gasteiger partial charge in [0.2, 0.25) is 16.7 Å². The van der Waals surface area contributed by atoms with Gasteiger partial charge in [0.05, 0.1) is 13.1 Å². The summed E-state index contributed by atoms with van der Waals surface area (Å²) in [5.74, 6) is 0.552. The first-order valence-electron chi connectivity index (χ1n) is 9.44. The average molecular weight is 421 g/mol. The fourth-order valence-corrected chi connectivity index (χ4v) is 5.20. The number of nitrogens with zero attached hydrogens (tertiary/aromatic N) is 3. The van der Waals surface area contributed by atoms with Crippen LogP contribution in [0.25, 0.3) is 4.96 Å². The van der Waals surface area contributed by atoms with E-state index >= 15 is 0 Å². The Bertz CT molecular complexity index is 992. The fourth-order valence-electron chi connectivity index (χ4n) is 3.92. The lowest BCUT2D eigenvalue weighted by Crippen LogP contribution is -3.13. The molecule has 0 radical (unpaired) electrons. The molecule has 1 saturated heterocycles. The van der Waals surface area contributed by atoms with E-state index in [2.05, 4.69) is 10.1 Å². The third-order valence-electron chi connectivity index (χ3n) is 5.46. The summed E-state index contributed by atoms with van der Waals surface area (Å²) in [6, 6.07) is 7.63. The number of aromatic hydroxyl groups is 1. The molecule has 3 aromatic rings. The number of rotatable bonds is 5. The Kier molecular flexibility index (Phi) is 5.27. The summed E-state index contributed by atoms with van der Waals surface area (Å²) in [5, 5.41) is 16.0. The Morgan fingerprint density at radius 2 is 2.07 bits per heavy atom. The van der Waals surface area contributed by atoms with Crippen LogP contribution in [0.5, 0.6) is 5.88 Å². The number of aromatic nitrogens is 3. The summed E-state index contributed by atoms with van der Waals surface area (Å²) in [6.45, 7) is 3.59. The van der Waals surface area contributed by atoms with Gasteiger partial charge in [0.15, 0.2) is 11.9 Å². The molecule has 0 saturated carbocycles. The highest BCUT2D eigenvalue weighted by atomic mass is 35.5. The minimum atomic E-state index is -0.226. The molecule has 148 valence electrons. The number of amides is 1. The molecule has 0 unspecified atom stereocenters. The molecular formula is C19H23ClN5O2S+. The van der Waals surface area contributed by atoms with Crippen LogP contribution >= 0.6 is 22.9 Å². The van der Waals surface area contributed by atoms with Gasteiger partial charge < -0.3 is 15.7 Å². The lowest BCUT2D eigenvalue weighted by Gasteiger charge is -2.33. The van der Waals surface area contributed by atoms with Gasteiger partial charge in [0, 0.05) is 35.8 Å². The lowest BCUT2D eigenvalue weighted by atomic mass is 9.93. The molecule has 1 aliphatic heterocycles. The molecule has 0 bridgehead atoms. The summed E-state index contributed by atoms with van der Waals surface area (Å²) < 4.78 is 1.53. The maximum absolute atomic E-state index is 11.5. The molecule has 1 aliphatic rings. The number of fused-ring (bicyclic) bond motifs is 1. The zero-order chi connectivity index (χ0) is 19.8. The monoisotopic (exact) mass is 420 g/mol. The van der Waals surface area contributed by atoms with Gasteiger partial charge in [-0.1, -0.05) is 42.0 Å². The van der Waals surface area contributed by atoms with Gasteiger partial charge in [-0.3, -0.25) is 4.79 Å². The molecule has 1 fully saturated rings. The van der Waals surface area contributed by atoms with Crippen LogP contribution in [0, 0.1) is 5.92 Å². The van der Waals surface area contributed by atoms with Crippen LogP contribution in [0.1, 0.15) is 42.1 Å². The zero-order valence-electron chi connectivity index (χ0n) is 15.6. The van der Waals surface area contributed by atoms with Crippen molar-refractivity contribution < 1.29 is 14.8 Å². The molecule has 1 aromatic carbocycles. The number of nitrogens with two attached hydrogens (primary N) is 1. The van der Waals surface area contributed by atoms with E-state index in [1.165, 1.54) is 20.8 Å². The summed E-state index contributed by atoms with van der Waals surface area (Å²) in [4.78, 5) is 18.9. The number of piperidine rings is 1. The van der Waals surface area contributed by atoms with Crippen molar-refractivity contribution in [2.45, 2.75) is 32.2 Å². The topological polar surface area (TPSA) is 98.0 Å². The first-order chi connectivity index (χ1) is 13.5. The molecule has 0 spiro atoms. The van der Waals surface area contributed by atoms with E-state index in [0.29, 0.717) is 15.8 Å². The van der Waals surface area contributed by atoms with Crippen LogP contribution in [0.15, 0.2) is 24.3 Å². The van der Waals surface area contributed by atoms with E-state index < -0.39 is 0 Å². The van der Waals surface area contributed by atoms with E-state index in [4.69, 9.17) is 17.3 Å². The molecule has 4 N–H and O–H groups in total. The second-order valence-electron chi connectivity index (χ2n) is 7.19. The van der Waals surface area contributed by atoms with Crippen LogP contribution < -0.4 is 10.6 Å². The minimum absolute atomic E-state index is 0.0716. The number of primary amides is 1. The first-order valence-corrected chi connectivity index (χ1v) is 10.6. The predicted octanol–water partition coefficient (Wildman–Crippen LogP) is 1.58. The van der Waals surface area contributed by atoms with E-state index in [1.807, 2.05) is 31.2 Å². The van der Waals surface area contributed by atoms with Gasteiger partial charge in [-0.05, 0) is 12.1 Å². The highest BCUT2D eigenvalue weighted by Gasteiger charge is 2.36. The van der Waals surface area contributed by atoms with Crippen molar-refractivity contribution in [2.24, 2.45) is 11.7 Å². The third-order valence-corrected chi connectivity index (χ3v) is 6.80. The molecule has 0 aliphatic carbocycles. The van der Waals surface area contributed by atoms with Gasteiger partial charge in [0.1, 0.15) is 4.88 Å². The highest BCUT2D eigenvalue weighted by molar-refractivity contribution is 7.17. The Morgan fingerprint density at radius 3 is 2.64 bits per heavy atom. The normalized spacial score (nSPS) is 21.1. The van der Waals surface area contributed by atoms with Crippen LogP contribution in [0.3, 0.4) is 0 Å². The molecule has 4 rings (SSSR count). The van der Waals surface area contributed by atoms with Crippen molar-refractivity contribution in [2.75, 3.05) is 13.1 Å². The Morgan fingerprint density at radius 1 is 1.39 bits per heavy atom. The second kappa shape index (κ2) is 7.69. The van der Waals surface area contributed by atoms with E-state index in [-0.39, 0.29) is 23.7 Å². The van der Waals surface area contributed by atoms with Gasteiger partial charge in [-0.2, -0.15) is 4.52 Å². The quantitative estimate of drug-likeness (QED) is 0.583. The van der Waals surface area contributed by atoms with Crippen LogP contribution in [-0.2, 0) is 11.2 Å². The van der Waals surface area contributed by atoms with E-state index in [9.17, 15) is 9.90 Å². The maximum atomic E-state index is 11.5. The largest absolute Gasteiger partial charge is 0.492 e. The molecule has 28 heavy (non-hydrogen) atoms. The Hall–Kier alpha value is -2.16. The first kappa shape index (κ1) is 19.2. The summed E-state index contributed by atoms with van der Waals surface area (Å²) in [6.07, 6.45) is 2.21. The van der Waals surface area contributed by atoms with Crippen molar-refractivity contribution in [1.82, 2.24) is 14.6 Å². The average Bonchev–Trinajstić information content (AvgIpc) is 3.23. The standard InChI is InChI=1S/C19H22ClN5O2S/c1-2-14-22-19-25(23-14)18(27)16(28-19)15(11-3-5-13(20)6-4-11)24-9-7-12(8-10-24)17(21)26/h3-6,12,15,27H,2,7-10H2,1H3,(H2,21,26)/p+1/t15-/m1/s1. The SMILES string of the molecule is CCc1nc2sc([C@@H](c3ccc(Cl)cc3)[NH+]3CCC(C(N)=O)CC3)c(O)n2n1. The number of nitrogens with one attached hydrogen (secondary N) is 1. The van der Waals surface area contributed by atoms with Gasteiger partial charge in [-0.15, -0.1) is 5.10 Å². The van der Waals surface area contributed by atoms with Crippen LogP contribution in [0.2, 0.25) is 5.02 Å². The summed E-state index contributed by atoms with van der Waals surface area (Å²) in [7, 11) is 0. The van der Waals surface area contributed by atoms with E-state index in [1.54, 1.807) is 0 Å². The second-order valence-corrected chi connectivity index (χ2v) is 8.63. The molecule has 1 atom stereocenters. The van der Waals surface area contributed by atoms with Gasteiger partial charge in [0.25, 0.3) is 0 Å². The number of carbonyl (C=O) groups excluding carboxylic acids is 1. The van der Waals surface area contributed by atoms with Crippen LogP contribution in [-0.4, -0.2) is 38.7 Å². The molecule has 7 nitrogen and oxygen atoms in total. The number of halogens is 1. The van der Waals surface area contributed by atoms with Gasteiger partial charge >= 0.3 is 0 Å². The smallest absolute Gasteiger partial charge is 0.235 e. The zero-order valence-corrected chi connectivity index (χ0v) is 17.1. The number of carbonyl (C=O) groups is 1. The third kappa shape index (κ3) is 3.47. The summed E-state index contributed by atoms with van der Waals surface area (Å²) >= 11 is 7.55. The van der Waals surface area contributed by atoms with Crippen molar-refractivity contribution in [1.29, 1.82) is 0 Å². The number of hydrogen-bond acceptors (Lipinski definition) is 5. The summed E-state index contributed by atoms with van der Waals surface area (Å²) in [5.41, 5.74) is 6.56. The van der Waals surface area contributed by atoms with Crippen molar-refractivity contribution >= 4 is 33.8 Å². The number of thiazole rings is 1. The highest BCUT2D eigenvalue weighted by Crippen LogP contribution is 2.35. The number of likely N-dealkylation sites (tertiary alicyclic amines) is 1. The Balaban J connectivity index is 1.73.